The molecule has 0 heterocycles. The molecule has 0 bridgehead atoms. The summed E-state index contributed by atoms with van der Waals surface area (Å²) in [5.74, 6) is 0.549. The molecule has 19 heavy (non-hydrogen) atoms. The second-order valence-electron chi connectivity index (χ2n) is 5.62. The second kappa shape index (κ2) is 6.47. The van der Waals surface area contributed by atoms with E-state index < -0.39 is 0 Å². The van der Waals surface area contributed by atoms with E-state index in [1.54, 1.807) is 0 Å². The molecule has 0 spiro atoms. The highest BCUT2D eigenvalue weighted by atomic mass is 19.1. The van der Waals surface area contributed by atoms with Crippen LogP contribution < -0.4 is 5.32 Å². The first-order valence-electron chi connectivity index (χ1n) is 7.28. The Morgan fingerprint density at radius 2 is 1.89 bits per heavy atom. The minimum atomic E-state index is -0.362. The standard InChI is InChI=1S/C16H23F2N/c1-3-11-4-6-12(7-5-11)16(19-2)14-10-13(17)8-9-15(14)18/h8-12,16,19H,3-7H2,1-2H3. The van der Waals surface area contributed by atoms with Gasteiger partial charge < -0.3 is 5.32 Å². The van der Waals surface area contributed by atoms with E-state index in [1.165, 1.54) is 37.5 Å². The van der Waals surface area contributed by atoms with Gasteiger partial charge in [0.1, 0.15) is 11.6 Å². The molecule has 0 radical (unpaired) electrons. The maximum atomic E-state index is 13.9. The fourth-order valence-corrected chi connectivity index (χ4v) is 3.33. The van der Waals surface area contributed by atoms with Crippen LogP contribution in [0.15, 0.2) is 18.2 Å². The Morgan fingerprint density at radius 1 is 1.21 bits per heavy atom. The lowest BCUT2D eigenvalue weighted by molar-refractivity contribution is 0.221. The van der Waals surface area contributed by atoms with Gasteiger partial charge in [-0.2, -0.15) is 0 Å². The summed E-state index contributed by atoms with van der Waals surface area (Å²) in [6, 6.07) is 3.67. The van der Waals surface area contributed by atoms with Crippen LogP contribution in [0.5, 0.6) is 0 Å². The monoisotopic (exact) mass is 267 g/mol. The van der Waals surface area contributed by atoms with Crippen LogP contribution in [0.1, 0.15) is 50.6 Å². The van der Waals surface area contributed by atoms with Gasteiger partial charge in [-0.15, -0.1) is 0 Å². The van der Waals surface area contributed by atoms with Crippen molar-refractivity contribution < 1.29 is 8.78 Å². The van der Waals surface area contributed by atoms with Gasteiger partial charge in [-0.05, 0) is 49.9 Å². The average Bonchev–Trinajstić information content (AvgIpc) is 2.44. The maximum absolute atomic E-state index is 13.9. The largest absolute Gasteiger partial charge is 0.313 e. The number of hydrogen-bond donors (Lipinski definition) is 1. The minimum Gasteiger partial charge on any atom is -0.313 e. The highest BCUT2D eigenvalue weighted by Gasteiger charge is 2.28. The molecule has 1 fully saturated rings. The normalized spacial score (nSPS) is 25.3. The zero-order chi connectivity index (χ0) is 13.8. The van der Waals surface area contributed by atoms with E-state index in [2.05, 4.69) is 12.2 Å². The second-order valence-corrected chi connectivity index (χ2v) is 5.62. The molecule has 1 unspecified atom stereocenters. The molecule has 1 saturated carbocycles. The third-order valence-electron chi connectivity index (χ3n) is 4.54. The van der Waals surface area contributed by atoms with Crippen LogP contribution in [-0.4, -0.2) is 7.05 Å². The Morgan fingerprint density at radius 3 is 2.47 bits per heavy atom. The summed E-state index contributed by atoms with van der Waals surface area (Å²) in [5.41, 5.74) is 0.474. The van der Waals surface area contributed by atoms with Crippen LogP contribution in [-0.2, 0) is 0 Å². The summed E-state index contributed by atoms with van der Waals surface area (Å²) in [7, 11) is 1.83. The van der Waals surface area contributed by atoms with Crippen LogP contribution in [0.2, 0.25) is 0 Å². The topological polar surface area (TPSA) is 12.0 Å². The Bertz CT molecular complexity index is 411. The van der Waals surface area contributed by atoms with E-state index in [0.29, 0.717) is 11.5 Å². The first-order valence-corrected chi connectivity index (χ1v) is 7.28. The molecule has 1 aromatic rings. The molecule has 0 amide bonds. The van der Waals surface area contributed by atoms with E-state index in [0.717, 1.165) is 18.8 Å². The highest BCUT2D eigenvalue weighted by Crippen LogP contribution is 2.38. The zero-order valence-corrected chi connectivity index (χ0v) is 11.8. The van der Waals surface area contributed by atoms with Crippen molar-refractivity contribution in [2.24, 2.45) is 11.8 Å². The van der Waals surface area contributed by atoms with Gasteiger partial charge in [-0.25, -0.2) is 8.78 Å². The number of benzene rings is 1. The lowest BCUT2D eigenvalue weighted by Gasteiger charge is -2.34. The average molecular weight is 267 g/mol. The first kappa shape index (κ1) is 14.4. The Balaban J connectivity index is 2.14. The molecule has 1 aromatic carbocycles. The van der Waals surface area contributed by atoms with Crippen molar-refractivity contribution in [3.05, 3.63) is 35.4 Å². The van der Waals surface area contributed by atoms with Crippen molar-refractivity contribution in [2.45, 2.75) is 45.1 Å². The van der Waals surface area contributed by atoms with Gasteiger partial charge in [0.2, 0.25) is 0 Å². The molecular formula is C16H23F2N. The van der Waals surface area contributed by atoms with E-state index in [-0.39, 0.29) is 17.7 Å². The van der Waals surface area contributed by atoms with Gasteiger partial charge in [0, 0.05) is 11.6 Å². The lowest BCUT2D eigenvalue weighted by Crippen LogP contribution is -2.29. The van der Waals surface area contributed by atoms with Gasteiger partial charge in [0.25, 0.3) is 0 Å². The van der Waals surface area contributed by atoms with Crippen LogP contribution in [0, 0.1) is 23.5 Å². The van der Waals surface area contributed by atoms with Crippen LogP contribution in [0.4, 0.5) is 8.78 Å². The van der Waals surface area contributed by atoms with E-state index in [1.807, 2.05) is 7.05 Å². The summed E-state index contributed by atoms with van der Waals surface area (Å²) in [6.45, 7) is 2.23. The fraction of sp³-hybridized carbons (Fsp3) is 0.625. The maximum Gasteiger partial charge on any atom is 0.128 e. The predicted molar refractivity (Wildman–Crippen MR) is 73.9 cm³/mol. The molecule has 2 rings (SSSR count). The van der Waals surface area contributed by atoms with E-state index >= 15 is 0 Å². The molecule has 3 heteroatoms. The lowest BCUT2D eigenvalue weighted by atomic mass is 9.76. The van der Waals surface area contributed by atoms with Crippen molar-refractivity contribution in [1.29, 1.82) is 0 Å². The molecule has 0 saturated heterocycles. The van der Waals surface area contributed by atoms with Gasteiger partial charge in [0.05, 0.1) is 0 Å². The van der Waals surface area contributed by atoms with E-state index in [9.17, 15) is 8.78 Å². The van der Waals surface area contributed by atoms with Crippen molar-refractivity contribution in [2.75, 3.05) is 7.05 Å². The Kier molecular flexibility index (Phi) is 4.92. The quantitative estimate of drug-likeness (QED) is 0.850. The number of nitrogens with one attached hydrogen (secondary N) is 1. The van der Waals surface area contributed by atoms with Gasteiger partial charge in [-0.1, -0.05) is 26.2 Å². The van der Waals surface area contributed by atoms with Crippen LogP contribution in [0.25, 0.3) is 0 Å². The van der Waals surface area contributed by atoms with Crippen LogP contribution in [0.3, 0.4) is 0 Å². The molecule has 1 N–H and O–H groups in total. The minimum absolute atomic E-state index is 0.0755. The molecular weight excluding hydrogens is 244 g/mol. The van der Waals surface area contributed by atoms with Crippen molar-refractivity contribution >= 4 is 0 Å². The number of hydrogen-bond acceptors (Lipinski definition) is 1. The van der Waals surface area contributed by atoms with Gasteiger partial charge in [0.15, 0.2) is 0 Å². The fourth-order valence-electron chi connectivity index (χ4n) is 3.33. The molecule has 1 nitrogen and oxygen atoms in total. The number of rotatable bonds is 4. The van der Waals surface area contributed by atoms with Gasteiger partial charge >= 0.3 is 0 Å². The molecule has 1 atom stereocenters. The summed E-state index contributed by atoms with van der Waals surface area (Å²) >= 11 is 0. The molecule has 1 aliphatic rings. The summed E-state index contributed by atoms with van der Waals surface area (Å²) < 4.78 is 27.2. The third kappa shape index (κ3) is 3.33. The third-order valence-corrected chi connectivity index (χ3v) is 4.54. The smallest absolute Gasteiger partial charge is 0.128 e. The Labute approximate surface area is 114 Å². The Hall–Kier alpha value is -0.960. The summed E-state index contributed by atoms with van der Waals surface area (Å²) in [5, 5.41) is 3.18. The SMILES string of the molecule is CCC1CCC(C(NC)c2cc(F)ccc2F)CC1. The summed E-state index contributed by atoms with van der Waals surface area (Å²) in [4.78, 5) is 0. The van der Waals surface area contributed by atoms with Crippen molar-refractivity contribution in [3.63, 3.8) is 0 Å². The molecule has 0 aromatic heterocycles. The van der Waals surface area contributed by atoms with Crippen LogP contribution >= 0.6 is 0 Å². The highest BCUT2D eigenvalue weighted by molar-refractivity contribution is 5.23. The first-order chi connectivity index (χ1) is 9.15. The van der Waals surface area contributed by atoms with Crippen molar-refractivity contribution in [3.8, 4) is 0 Å². The zero-order valence-electron chi connectivity index (χ0n) is 11.8. The van der Waals surface area contributed by atoms with Crippen molar-refractivity contribution in [1.82, 2.24) is 5.32 Å². The molecule has 106 valence electrons. The van der Waals surface area contributed by atoms with Gasteiger partial charge in [-0.3, -0.25) is 0 Å². The summed E-state index contributed by atoms with van der Waals surface area (Å²) in [6.07, 6.45) is 5.83. The predicted octanol–water partition coefficient (Wildman–Crippen LogP) is 4.44. The number of halogens is 2. The molecule has 1 aliphatic carbocycles. The van der Waals surface area contributed by atoms with E-state index in [4.69, 9.17) is 0 Å². The molecule has 0 aliphatic heterocycles.